The molecule has 1 atom stereocenters. The molecule has 0 aliphatic carbocycles. The largest absolute Gasteiger partial charge is 0.378 e. The average Bonchev–Trinajstić information content (AvgIpc) is 3.19. The number of hydrogen-bond donors (Lipinski definition) is 0. The molecule has 5 heterocycles. The van der Waals surface area contributed by atoms with Gasteiger partial charge in [-0.25, -0.2) is 9.50 Å². The van der Waals surface area contributed by atoms with E-state index in [1.54, 1.807) is 0 Å². The lowest BCUT2D eigenvalue weighted by Crippen LogP contribution is -2.36. The van der Waals surface area contributed by atoms with E-state index in [4.69, 9.17) is 14.8 Å². The molecular weight excluding hydrogens is 352 g/mol. The minimum atomic E-state index is 0.379. The topological polar surface area (TPSA) is 58.8 Å². The van der Waals surface area contributed by atoms with Gasteiger partial charge in [0.25, 0.3) is 0 Å². The number of fused-ring (bicyclic) bond motifs is 1. The molecule has 2 fully saturated rings. The summed E-state index contributed by atoms with van der Waals surface area (Å²) < 4.78 is 7.40. The van der Waals surface area contributed by atoms with Gasteiger partial charge in [-0.2, -0.15) is 5.10 Å². The van der Waals surface area contributed by atoms with E-state index in [1.165, 1.54) is 12.1 Å². The highest BCUT2D eigenvalue weighted by Crippen LogP contribution is 2.26. The van der Waals surface area contributed by atoms with Crippen LogP contribution >= 0.6 is 0 Å². The van der Waals surface area contributed by atoms with Gasteiger partial charge in [0.2, 0.25) is 0 Å². The van der Waals surface area contributed by atoms with Crippen molar-refractivity contribution in [2.24, 2.45) is 0 Å². The lowest BCUT2D eigenvalue weighted by molar-refractivity contribution is 0.122. The second kappa shape index (κ2) is 7.85. The van der Waals surface area contributed by atoms with E-state index in [1.807, 2.05) is 16.8 Å². The molecular formula is C21H26N6O. The standard InChI is InChI=1S/C21H26N6O/c1-2-8-22-18(5-1)15-25-9-3-4-17(14-25)21-23-20-7-6-19(16-27(20)24-21)26-10-12-28-13-11-26/h1-2,5-8,16-17H,3-4,9-15H2/t17-/m0/s1. The maximum atomic E-state index is 5.46. The minimum absolute atomic E-state index is 0.379. The van der Waals surface area contributed by atoms with Crippen LogP contribution in [0.2, 0.25) is 0 Å². The van der Waals surface area contributed by atoms with Crippen LogP contribution in [-0.2, 0) is 11.3 Å². The van der Waals surface area contributed by atoms with Crippen LogP contribution < -0.4 is 4.90 Å². The fourth-order valence-electron chi connectivity index (χ4n) is 4.20. The number of piperidine rings is 1. The maximum absolute atomic E-state index is 5.46. The van der Waals surface area contributed by atoms with Crippen molar-refractivity contribution in [3.63, 3.8) is 0 Å². The van der Waals surface area contributed by atoms with Crippen molar-refractivity contribution >= 4 is 11.3 Å². The predicted octanol–water partition coefficient (Wildman–Crippen LogP) is 2.34. The Labute approximate surface area is 165 Å². The quantitative estimate of drug-likeness (QED) is 0.695. The Kier molecular flexibility index (Phi) is 4.93. The van der Waals surface area contributed by atoms with Gasteiger partial charge in [-0.15, -0.1) is 0 Å². The summed E-state index contributed by atoms with van der Waals surface area (Å²) in [7, 11) is 0. The molecule has 28 heavy (non-hydrogen) atoms. The van der Waals surface area contributed by atoms with Crippen molar-refractivity contribution in [3.8, 4) is 0 Å². The van der Waals surface area contributed by atoms with Crippen LogP contribution in [0.15, 0.2) is 42.7 Å². The van der Waals surface area contributed by atoms with Crippen LogP contribution in [-0.4, -0.2) is 63.9 Å². The SMILES string of the molecule is c1ccc(CN2CCC[C@H](c3nc4ccc(N5CCOCC5)cn4n3)C2)nc1. The van der Waals surface area contributed by atoms with Crippen LogP contribution in [0, 0.1) is 0 Å². The molecule has 2 saturated heterocycles. The van der Waals surface area contributed by atoms with Crippen molar-refractivity contribution in [3.05, 3.63) is 54.2 Å². The monoisotopic (exact) mass is 378 g/mol. The molecule has 0 bridgehead atoms. The maximum Gasteiger partial charge on any atom is 0.156 e. The Balaban J connectivity index is 1.32. The number of hydrogen-bond acceptors (Lipinski definition) is 6. The summed E-state index contributed by atoms with van der Waals surface area (Å²) in [6.07, 6.45) is 6.29. The second-order valence-electron chi connectivity index (χ2n) is 7.65. The van der Waals surface area contributed by atoms with Gasteiger partial charge >= 0.3 is 0 Å². The zero-order valence-electron chi connectivity index (χ0n) is 16.1. The molecule has 2 aliphatic rings. The fraction of sp³-hybridized carbons (Fsp3) is 0.476. The number of nitrogens with zero attached hydrogens (tertiary/aromatic N) is 6. The first kappa shape index (κ1) is 17.6. The van der Waals surface area contributed by atoms with E-state index < -0.39 is 0 Å². The Morgan fingerprint density at radius 1 is 1.07 bits per heavy atom. The first-order valence-electron chi connectivity index (χ1n) is 10.2. The summed E-state index contributed by atoms with van der Waals surface area (Å²) in [5.41, 5.74) is 3.24. The number of morpholine rings is 1. The van der Waals surface area contributed by atoms with Crippen LogP contribution in [0.25, 0.3) is 5.65 Å². The summed E-state index contributed by atoms with van der Waals surface area (Å²) in [5, 5.41) is 4.84. The molecule has 5 rings (SSSR count). The second-order valence-corrected chi connectivity index (χ2v) is 7.65. The predicted molar refractivity (Wildman–Crippen MR) is 108 cm³/mol. The van der Waals surface area contributed by atoms with Gasteiger partial charge in [-0.1, -0.05) is 6.07 Å². The molecule has 0 radical (unpaired) electrons. The zero-order valence-corrected chi connectivity index (χ0v) is 16.1. The first-order chi connectivity index (χ1) is 13.8. The minimum Gasteiger partial charge on any atom is -0.378 e. The van der Waals surface area contributed by atoms with Crippen LogP contribution in [0.4, 0.5) is 5.69 Å². The molecule has 3 aromatic heterocycles. The number of likely N-dealkylation sites (tertiary alicyclic amines) is 1. The molecule has 0 saturated carbocycles. The molecule has 0 amide bonds. The number of ether oxygens (including phenoxy) is 1. The van der Waals surface area contributed by atoms with E-state index in [0.717, 1.165) is 69.5 Å². The fourth-order valence-corrected chi connectivity index (χ4v) is 4.20. The van der Waals surface area contributed by atoms with Gasteiger partial charge in [0.15, 0.2) is 11.5 Å². The summed E-state index contributed by atoms with van der Waals surface area (Å²) in [6.45, 7) is 6.43. The van der Waals surface area contributed by atoms with Gasteiger partial charge in [0.1, 0.15) is 0 Å². The zero-order chi connectivity index (χ0) is 18.8. The third-order valence-corrected chi connectivity index (χ3v) is 5.69. The Hall–Kier alpha value is -2.51. The van der Waals surface area contributed by atoms with Gasteiger partial charge in [0.05, 0.1) is 30.8 Å². The first-order valence-corrected chi connectivity index (χ1v) is 10.2. The van der Waals surface area contributed by atoms with Gasteiger partial charge < -0.3 is 9.64 Å². The van der Waals surface area contributed by atoms with E-state index in [-0.39, 0.29) is 0 Å². The molecule has 3 aromatic rings. The van der Waals surface area contributed by atoms with Crippen molar-refractivity contribution in [2.75, 3.05) is 44.3 Å². The van der Waals surface area contributed by atoms with Gasteiger partial charge in [-0.05, 0) is 43.7 Å². The highest BCUT2D eigenvalue weighted by Gasteiger charge is 2.25. The Morgan fingerprint density at radius 3 is 2.86 bits per heavy atom. The van der Waals surface area contributed by atoms with Gasteiger partial charge in [-0.3, -0.25) is 9.88 Å². The van der Waals surface area contributed by atoms with E-state index in [0.29, 0.717) is 5.92 Å². The third kappa shape index (κ3) is 3.72. The van der Waals surface area contributed by atoms with Crippen molar-refractivity contribution in [1.82, 2.24) is 24.5 Å². The van der Waals surface area contributed by atoms with Crippen molar-refractivity contribution in [1.29, 1.82) is 0 Å². The van der Waals surface area contributed by atoms with Crippen LogP contribution in [0.5, 0.6) is 0 Å². The molecule has 0 aromatic carbocycles. The number of rotatable bonds is 4. The smallest absolute Gasteiger partial charge is 0.156 e. The van der Waals surface area contributed by atoms with Crippen molar-refractivity contribution < 1.29 is 4.74 Å². The Bertz CT molecular complexity index is 921. The summed E-state index contributed by atoms with van der Waals surface area (Å²) in [4.78, 5) is 14.1. The number of pyridine rings is 2. The molecule has 0 unspecified atom stereocenters. The summed E-state index contributed by atoms with van der Waals surface area (Å²) in [6, 6.07) is 10.3. The summed E-state index contributed by atoms with van der Waals surface area (Å²) in [5.74, 6) is 1.34. The lowest BCUT2D eigenvalue weighted by atomic mass is 9.97. The van der Waals surface area contributed by atoms with Crippen LogP contribution in [0.3, 0.4) is 0 Å². The highest BCUT2D eigenvalue weighted by molar-refractivity contribution is 5.51. The normalized spacial score (nSPS) is 21.3. The molecule has 0 spiro atoms. The van der Waals surface area contributed by atoms with Gasteiger partial charge in [0, 0.05) is 38.3 Å². The van der Waals surface area contributed by atoms with Crippen LogP contribution in [0.1, 0.15) is 30.3 Å². The van der Waals surface area contributed by atoms with E-state index in [9.17, 15) is 0 Å². The molecule has 7 heteroatoms. The molecule has 7 nitrogen and oxygen atoms in total. The van der Waals surface area contributed by atoms with E-state index in [2.05, 4.69) is 45.2 Å². The number of aromatic nitrogens is 4. The molecule has 146 valence electrons. The Morgan fingerprint density at radius 2 is 2.00 bits per heavy atom. The third-order valence-electron chi connectivity index (χ3n) is 5.69. The highest BCUT2D eigenvalue weighted by atomic mass is 16.5. The van der Waals surface area contributed by atoms with Crippen molar-refractivity contribution in [2.45, 2.75) is 25.3 Å². The molecule has 2 aliphatic heterocycles. The average molecular weight is 378 g/mol. The molecule has 0 N–H and O–H groups in total. The number of anilines is 1. The lowest BCUT2D eigenvalue weighted by Gasteiger charge is -2.31. The van der Waals surface area contributed by atoms with E-state index >= 15 is 0 Å². The summed E-state index contributed by atoms with van der Waals surface area (Å²) >= 11 is 0.